The number of anilines is 2. The van der Waals surface area contributed by atoms with Crippen LogP contribution in [0.25, 0.3) is 22.3 Å². The number of carbonyl (C=O) groups excluding carboxylic acids is 7. The minimum absolute atomic E-state index is 0. The number of aliphatic carboxylic acids is 1. The van der Waals surface area contributed by atoms with Crippen LogP contribution in [-0.2, 0) is 64.2 Å². The largest absolute Gasteiger partial charge is 0.508 e. The summed E-state index contributed by atoms with van der Waals surface area (Å²) >= 11 is 4.21. The van der Waals surface area contributed by atoms with Crippen molar-refractivity contribution < 1.29 is 53.7 Å². The first-order valence-electron chi connectivity index (χ1n) is 26.6. The molecule has 4 aromatic carbocycles. The summed E-state index contributed by atoms with van der Waals surface area (Å²) in [7, 11) is 0. The number of amides is 7. The molecule has 0 saturated heterocycles. The lowest BCUT2D eigenvalue weighted by Crippen LogP contribution is -2.61. The first-order chi connectivity index (χ1) is 39.3. The number of unbranched alkanes of at least 4 members (excludes halogenated alkanes) is 1. The van der Waals surface area contributed by atoms with Crippen LogP contribution >= 0.6 is 12.6 Å². The molecule has 7 amide bonds. The van der Waals surface area contributed by atoms with Gasteiger partial charge in [0.05, 0.1) is 5.39 Å². The van der Waals surface area contributed by atoms with Crippen LogP contribution < -0.4 is 48.7 Å². The number of hydrogen-bond acceptors (Lipinski definition) is 16. The molecule has 450 valence electrons. The van der Waals surface area contributed by atoms with Gasteiger partial charge in [-0.1, -0.05) is 102 Å². The number of nitrogens with zero attached hydrogens (tertiary/aromatic N) is 4. The smallest absolute Gasteiger partial charge is 0.326 e. The van der Waals surface area contributed by atoms with Crippen molar-refractivity contribution >= 4 is 82.5 Å². The van der Waals surface area contributed by atoms with E-state index in [1.54, 1.807) is 38.1 Å². The molecular formula is C59H77N13O11S. The Morgan fingerprint density at radius 2 is 1.13 bits per heavy atom. The van der Waals surface area contributed by atoms with Gasteiger partial charge in [-0.3, -0.25) is 33.6 Å². The maximum absolute atomic E-state index is 14.8. The van der Waals surface area contributed by atoms with Gasteiger partial charge in [-0.2, -0.15) is 17.7 Å². The molecule has 0 bridgehead atoms. The van der Waals surface area contributed by atoms with Crippen LogP contribution in [0.5, 0.6) is 11.5 Å². The maximum Gasteiger partial charge on any atom is 0.326 e. The highest BCUT2D eigenvalue weighted by Gasteiger charge is 2.35. The second-order valence-electron chi connectivity index (χ2n) is 19.7. The van der Waals surface area contributed by atoms with Crippen molar-refractivity contribution in [3.63, 3.8) is 0 Å². The number of nitrogens with one attached hydrogen (secondary N) is 7. The number of carboxylic acid groups (broad SMARTS) is 1. The molecule has 0 fully saturated rings. The van der Waals surface area contributed by atoms with E-state index in [1.807, 2.05) is 30.3 Å². The van der Waals surface area contributed by atoms with Gasteiger partial charge >= 0.3 is 5.97 Å². The summed E-state index contributed by atoms with van der Waals surface area (Å²) in [5, 5.41) is 53.9. The molecule has 6 aromatic rings. The van der Waals surface area contributed by atoms with E-state index in [0.717, 1.165) is 5.56 Å². The zero-order valence-electron chi connectivity index (χ0n) is 45.5. The van der Waals surface area contributed by atoms with Crippen LogP contribution in [0.4, 0.5) is 11.5 Å². The lowest BCUT2D eigenvalue weighted by atomic mass is 9.96. The number of aromatic hydroxyl groups is 2. The zero-order chi connectivity index (χ0) is 59.5. The second-order valence-corrected chi connectivity index (χ2v) is 20.1. The molecule has 0 aliphatic carbocycles. The summed E-state index contributed by atoms with van der Waals surface area (Å²) in [5.41, 5.74) is 15.5. The summed E-state index contributed by atoms with van der Waals surface area (Å²) < 4.78 is 1.42. The number of nitrogens with two attached hydrogens (primary N) is 2. The molecule has 25 heteroatoms. The van der Waals surface area contributed by atoms with Gasteiger partial charge in [0, 0.05) is 43.2 Å². The van der Waals surface area contributed by atoms with Gasteiger partial charge in [0.2, 0.25) is 41.4 Å². The first kappa shape index (κ1) is 67.4. The Balaban J connectivity index is 0.00000757. The average molecular weight is 1180 g/mol. The number of carboxylic acids is 1. The standard InChI is InChI=1S/C57H69N13O11S.2CH4/c1-4-32(2)48(68-55(78)45(30-82)62-33(3)71)56(79)66-43(26-34-13-19-38(20-14-34)63-46(74)29-70-51-47(50(59)60-31-61-51)49(69-70)37-10-6-5-7-11-37)53(76)64-41(12-8-9-25-58)52(75)65-42(27-35-15-21-39(72)22-16-35)54(77)67-44(57(80)81)28-36-17-23-40(73)24-18-36;;/h5-7,10-11,13-24,31-32,41-45,48,72-73,82H,4,8-9,12,25-30,58H2,1-3H3,(H,62,71)(H,63,74)(H,64,76)(H,65,75)(H,66,79)(H,67,77)(H,68,78)(H,80,81)(H2,59,60,61);2*1H4. The Morgan fingerprint density at radius 3 is 1.65 bits per heavy atom. The quantitative estimate of drug-likeness (QED) is 0.0236. The highest BCUT2D eigenvalue weighted by atomic mass is 32.1. The van der Waals surface area contributed by atoms with Crippen LogP contribution in [0.2, 0.25) is 0 Å². The monoisotopic (exact) mass is 1180 g/mol. The molecule has 14 N–H and O–H groups in total. The number of phenolic OH excluding ortho intramolecular Hbond substituents is 2. The van der Waals surface area contributed by atoms with Gasteiger partial charge in [-0.25, -0.2) is 19.4 Å². The van der Waals surface area contributed by atoms with Crippen LogP contribution in [0.1, 0.15) is 78.0 Å². The number of nitrogen functional groups attached to an aromatic ring is 1. The zero-order valence-corrected chi connectivity index (χ0v) is 46.4. The Labute approximate surface area is 493 Å². The van der Waals surface area contributed by atoms with Crippen molar-refractivity contribution in [3.8, 4) is 22.8 Å². The number of benzene rings is 4. The third-order valence-electron chi connectivity index (χ3n) is 13.5. The van der Waals surface area contributed by atoms with Crippen molar-refractivity contribution in [3.05, 3.63) is 126 Å². The summed E-state index contributed by atoms with van der Waals surface area (Å²) in [5.74, 6) is -6.89. The summed E-state index contributed by atoms with van der Waals surface area (Å²) in [6, 6.07) is 19.2. The van der Waals surface area contributed by atoms with Crippen LogP contribution in [-0.4, -0.2) is 131 Å². The summed E-state index contributed by atoms with van der Waals surface area (Å²) in [6.45, 7) is 4.73. The topological polar surface area (TPSA) is 377 Å². The summed E-state index contributed by atoms with van der Waals surface area (Å²) in [6.07, 6.45) is 1.87. The van der Waals surface area contributed by atoms with E-state index in [4.69, 9.17) is 11.5 Å². The predicted octanol–water partition coefficient (Wildman–Crippen LogP) is 3.54. The Hall–Kier alpha value is -9.10. The lowest BCUT2D eigenvalue weighted by molar-refractivity contribution is -0.142. The van der Waals surface area contributed by atoms with Crippen molar-refractivity contribution in [1.29, 1.82) is 0 Å². The van der Waals surface area contributed by atoms with Crippen LogP contribution in [0.15, 0.2) is 109 Å². The molecule has 0 radical (unpaired) electrons. The molecule has 84 heavy (non-hydrogen) atoms. The average Bonchev–Trinajstić information content (AvgIpc) is 2.16. The van der Waals surface area contributed by atoms with E-state index in [1.165, 1.54) is 66.5 Å². The SMILES string of the molecule is C.C.CCC(C)C(NC(=O)C(CS)NC(C)=O)C(=O)NC(Cc1ccc(NC(=O)Cn2nc(-c3ccccc3)c3c(N)ncnc32)cc1)C(=O)NC(CCCCN)C(=O)NC(Cc1ccc(O)cc1)C(=O)NC(Cc1ccc(O)cc1)C(=O)O. The third kappa shape index (κ3) is 19.3. The number of rotatable bonds is 29. The fourth-order valence-electron chi connectivity index (χ4n) is 8.82. The number of phenols is 2. The van der Waals surface area contributed by atoms with E-state index in [9.17, 15) is 53.7 Å². The minimum atomic E-state index is -1.48. The molecule has 2 aromatic heterocycles. The van der Waals surface area contributed by atoms with Gasteiger partial charge in [0.1, 0.15) is 72.1 Å². The molecular weight excluding hydrogens is 1100 g/mol. The molecule has 0 aliphatic rings. The minimum Gasteiger partial charge on any atom is -0.508 e. The lowest BCUT2D eigenvalue weighted by Gasteiger charge is -2.29. The van der Waals surface area contributed by atoms with Crippen LogP contribution in [0.3, 0.4) is 0 Å². The molecule has 0 aliphatic heterocycles. The highest BCUT2D eigenvalue weighted by molar-refractivity contribution is 7.80. The van der Waals surface area contributed by atoms with Crippen LogP contribution in [0, 0.1) is 5.92 Å². The number of thiol groups is 1. The number of aromatic nitrogens is 4. The molecule has 2 heterocycles. The number of fused-ring (bicyclic) bond motifs is 1. The Morgan fingerprint density at radius 1 is 0.631 bits per heavy atom. The fraction of sp³-hybridized carbons (Fsp3) is 0.373. The predicted molar refractivity (Wildman–Crippen MR) is 322 cm³/mol. The Bertz CT molecular complexity index is 3190. The van der Waals surface area contributed by atoms with E-state index >= 15 is 0 Å². The molecule has 7 unspecified atom stereocenters. The second kappa shape index (κ2) is 32.5. The van der Waals surface area contributed by atoms with Gasteiger partial charge in [0.25, 0.3) is 0 Å². The van der Waals surface area contributed by atoms with Gasteiger partial charge in [0.15, 0.2) is 5.65 Å². The molecule has 24 nitrogen and oxygen atoms in total. The first-order valence-corrected chi connectivity index (χ1v) is 27.2. The van der Waals surface area contributed by atoms with Gasteiger partial charge in [-0.15, -0.1) is 0 Å². The van der Waals surface area contributed by atoms with Crippen molar-refractivity contribution in [1.82, 2.24) is 51.6 Å². The van der Waals surface area contributed by atoms with E-state index in [2.05, 4.69) is 64.9 Å². The van der Waals surface area contributed by atoms with Crippen molar-refractivity contribution in [2.24, 2.45) is 11.7 Å². The van der Waals surface area contributed by atoms with Crippen molar-refractivity contribution in [2.45, 2.75) is 123 Å². The van der Waals surface area contributed by atoms with Gasteiger partial charge < -0.3 is 64.0 Å². The Kier molecular flexibility index (Phi) is 26.1. The highest BCUT2D eigenvalue weighted by Crippen LogP contribution is 2.30. The summed E-state index contributed by atoms with van der Waals surface area (Å²) in [4.78, 5) is 118. The van der Waals surface area contributed by atoms with Gasteiger partial charge in [-0.05, 0) is 84.8 Å². The van der Waals surface area contributed by atoms with Crippen molar-refractivity contribution in [2.75, 3.05) is 23.3 Å². The molecule has 0 saturated carbocycles. The molecule has 7 atom stereocenters. The number of hydrogen-bond donors (Lipinski definition) is 13. The van der Waals surface area contributed by atoms with E-state index < -0.39 is 89.5 Å². The maximum atomic E-state index is 14.8. The molecule has 0 spiro atoms. The van der Waals surface area contributed by atoms with E-state index in [-0.39, 0.29) is 76.7 Å². The fourth-order valence-corrected chi connectivity index (χ4v) is 9.08. The third-order valence-corrected chi connectivity index (χ3v) is 13.8. The number of carbonyl (C=O) groups is 8. The van der Waals surface area contributed by atoms with E-state index in [0.29, 0.717) is 58.4 Å². The molecule has 6 rings (SSSR count). The normalized spacial score (nSPS) is 13.3.